The molecule has 27 heavy (non-hydrogen) atoms. The van der Waals surface area contributed by atoms with Crippen LogP contribution in [0.4, 0.5) is 11.4 Å². The zero-order chi connectivity index (χ0) is 19.1. The number of para-hydroxylation sites is 2. The maximum atomic E-state index is 11.0. The normalized spacial score (nSPS) is 10.7. The van der Waals surface area contributed by atoms with E-state index >= 15 is 0 Å². The molecule has 0 fully saturated rings. The molecule has 0 saturated carbocycles. The first-order chi connectivity index (χ1) is 13.1. The van der Waals surface area contributed by atoms with Gasteiger partial charge < -0.3 is 5.32 Å². The molecule has 2 N–H and O–H groups in total. The third-order valence-corrected chi connectivity index (χ3v) is 3.76. The number of nitro groups is 1. The Labute approximate surface area is 160 Å². The van der Waals surface area contributed by atoms with E-state index in [1.807, 2.05) is 36.5 Å². The summed E-state index contributed by atoms with van der Waals surface area (Å²) in [5.41, 5.74) is 4.82. The van der Waals surface area contributed by atoms with Crippen LogP contribution in [0.1, 0.15) is 11.1 Å². The van der Waals surface area contributed by atoms with E-state index in [4.69, 9.17) is 12.2 Å². The average Bonchev–Trinajstić information content (AvgIpc) is 3.10. The Morgan fingerprint density at radius 2 is 1.96 bits per heavy atom. The fraction of sp³-hybridized carbons (Fsp3) is 0.0556. The molecule has 0 aliphatic carbocycles. The van der Waals surface area contributed by atoms with E-state index < -0.39 is 4.92 Å². The van der Waals surface area contributed by atoms with Crippen molar-refractivity contribution >= 4 is 34.9 Å². The van der Waals surface area contributed by atoms with Gasteiger partial charge >= 0.3 is 0 Å². The van der Waals surface area contributed by atoms with Crippen LogP contribution >= 0.6 is 12.2 Å². The minimum Gasteiger partial charge on any atom is -0.326 e. The van der Waals surface area contributed by atoms with Crippen molar-refractivity contribution in [3.63, 3.8) is 0 Å². The van der Waals surface area contributed by atoms with Crippen LogP contribution in [0.2, 0.25) is 0 Å². The van der Waals surface area contributed by atoms with Gasteiger partial charge in [0.25, 0.3) is 5.69 Å². The molecule has 9 heteroatoms. The Morgan fingerprint density at radius 1 is 1.22 bits per heavy atom. The van der Waals surface area contributed by atoms with Crippen LogP contribution in [-0.4, -0.2) is 26.0 Å². The van der Waals surface area contributed by atoms with Crippen LogP contribution in [0.25, 0.3) is 0 Å². The molecule has 0 unspecified atom stereocenters. The number of hydrogen-bond donors (Lipinski definition) is 2. The molecule has 0 aliphatic heterocycles. The lowest BCUT2D eigenvalue weighted by molar-refractivity contribution is -0.383. The third-order valence-electron chi connectivity index (χ3n) is 3.57. The predicted octanol–water partition coefficient (Wildman–Crippen LogP) is 3.16. The third kappa shape index (κ3) is 5.19. The first-order valence-electron chi connectivity index (χ1n) is 8.01. The Hall–Kier alpha value is -3.59. The molecule has 0 bridgehead atoms. The van der Waals surface area contributed by atoms with Crippen LogP contribution in [0.3, 0.4) is 0 Å². The van der Waals surface area contributed by atoms with E-state index in [-0.39, 0.29) is 10.8 Å². The average molecular weight is 380 g/mol. The maximum Gasteiger partial charge on any atom is 0.292 e. The van der Waals surface area contributed by atoms with E-state index in [1.54, 1.807) is 35.3 Å². The fourth-order valence-electron chi connectivity index (χ4n) is 2.36. The van der Waals surface area contributed by atoms with Gasteiger partial charge in [-0.15, -0.1) is 0 Å². The number of nitro benzene ring substituents is 1. The number of nitrogens with one attached hydrogen (secondary N) is 2. The molecular formula is C18H16N6O2S. The van der Waals surface area contributed by atoms with Gasteiger partial charge in [-0.2, -0.15) is 10.2 Å². The Morgan fingerprint density at radius 3 is 2.74 bits per heavy atom. The minimum absolute atomic E-state index is 0.0622. The second kappa shape index (κ2) is 8.68. The lowest BCUT2D eigenvalue weighted by Gasteiger charge is -2.06. The first-order valence-corrected chi connectivity index (χ1v) is 8.42. The van der Waals surface area contributed by atoms with Gasteiger partial charge in [0.2, 0.25) is 0 Å². The molecule has 0 amide bonds. The summed E-state index contributed by atoms with van der Waals surface area (Å²) >= 11 is 5.11. The van der Waals surface area contributed by atoms with Crippen molar-refractivity contribution in [1.82, 2.24) is 15.2 Å². The first kappa shape index (κ1) is 18.2. The lowest BCUT2D eigenvalue weighted by atomic mass is 10.2. The van der Waals surface area contributed by atoms with Gasteiger partial charge in [-0.05, 0) is 23.8 Å². The van der Waals surface area contributed by atoms with Gasteiger partial charge in [0.15, 0.2) is 5.11 Å². The number of thiocarbonyl (C=S) groups is 1. The highest BCUT2D eigenvalue weighted by atomic mass is 32.1. The van der Waals surface area contributed by atoms with Gasteiger partial charge in [0.05, 0.1) is 23.9 Å². The number of hydrazone groups is 1. The largest absolute Gasteiger partial charge is 0.326 e. The molecule has 0 radical (unpaired) electrons. The molecular weight excluding hydrogens is 364 g/mol. The van der Waals surface area contributed by atoms with E-state index in [2.05, 4.69) is 20.9 Å². The van der Waals surface area contributed by atoms with Gasteiger partial charge in [-0.3, -0.25) is 20.2 Å². The molecule has 0 atom stereocenters. The summed E-state index contributed by atoms with van der Waals surface area (Å²) in [7, 11) is 0. The van der Waals surface area contributed by atoms with Gasteiger partial charge in [0, 0.05) is 17.8 Å². The Bertz CT molecular complexity index is 971. The Balaban J connectivity index is 1.55. The Kier molecular flexibility index (Phi) is 5.85. The number of hydrogen-bond acceptors (Lipinski definition) is 5. The molecule has 136 valence electrons. The zero-order valence-corrected chi connectivity index (χ0v) is 15.0. The summed E-state index contributed by atoms with van der Waals surface area (Å²) < 4.78 is 1.81. The number of nitrogens with zero attached hydrogens (tertiary/aromatic N) is 4. The van der Waals surface area contributed by atoms with Crippen LogP contribution in [0.5, 0.6) is 0 Å². The molecule has 3 rings (SSSR count). The van der Waals surface area contributed by atoms with Crippen molar-refractivity contribution < 1.29 is 4.92 Å². The lowest BCUT2D eigenvalue weighted by Crippen LogP contribution is -2.24. The SMILES string of the molecule is O=[N+]([O-])c1ccccc1NC(=S)N/N=C\c1cnn(Cc2ccccc2)c1. The van der Waals surface area contributed by atoms with Gasteiger partial charge in [-0.25, -0.2) is 0 Å². The molecule has 0 aliphatic rings. The van der Waals surface area contributed by atoms with Crippen molar-refractivity contribution in [2.24, 2.45) is 5.10 Å². The molecule has 1 heterocycles. The highest BCUT2D eigenvalue weighted by Gasteiger charge is 2.12. The predicted molar refractivity (Wildman–Crippen MR) is 108 cm³/mol. The summed E-state index contributed by atoms with van der Waals surface area (Å²) in [6, 6.07) is 16.2. The summed E-state index contributed by atoms with van der Waals surface area (Å²) in [6.45, 7) is 0.666. The quantitative estimate of drug-likeness (QED) is 0.295. The van der Waals surface area contributed by atoms with Crippen LogP contribution < -0.4 is 10.7 Å². The second-order valence-electron chi connectivity index (χ2n) is 5.56. The van der Waals surface area contributed by atoms with Crippen molar-refractivity contribution in [3.8, 4) is 0 Å². The van der Waals surface area contributed by atoms with Crippen LogP contribution in [0, 0.1) is 10.1 Å². The van der Waals surface area contributed by atoms with Gasteiger partial charge in [0.1, 0.15) is 5.69 Å². The van der Waals surface area contributed by atoms with E-state index in [0.717, 1.165) is 11.1 Å². The number of rotatable bonds is 6. The number of aromatic nitrogens is 2. The van der Waals surface area contributed by atoms with E-state index in [1.165, 1.54) is 6.07 Å². The van der Waals surface area contributed by atoms with Crippen LogP contribution in [0.15, 0.2) is 72.1 Å². The molecule has 3 aromatic rings. The monoisotopic (exact) mass is 380 g/mol. The number of benzene rings is 2. The van der Waals surface area contributed by atoms with Crippen molar-refractivity contribution in [2.75, 3.05) is 5.32 Å². The second-order valence-corrected chi connectivity index (χ2v) is 5.96. The summed E-state index contributed by atoms with van der Waals surface area (Å²) in [5.74, 6) is 0. The van der Waals surface area contributed by atoms with Crippen molar-refractivity contribution in [2.45, 2.75) is 6.54 Å². The highest BCUT2D eigenvalue weighted by molar-refractivity contribution is 7.80. The molecule has 0 saturated heterocycles. The standard InChI is InChI=1S/C18H16N6O2S/c25-24(26)17-9-5-4-8-16(17)21-18(27)22-19-10-15-11-20-23(13-15)12-14-6-2-1-3-7-14/h1-11,13H,12H2,(H2,21,22,27)/b19-10-. The highest BCUT2D eigenvalue weighted by Crippen LogP contribution is 2.22. The molecule has 8 nitrogen and oxygen atoms in total. The van der Waals surface area contributed by atoms with E-state index in [9.17, 15) is 10.1 Å². The smallest absolute Gasteiger partial charge is 0.292 e. The van der Waals surface area contributed by atoms with Crippen molar-refractivity contribution in [3.05, 3.63) is 88.2 Å². The fourth-order valence-corrected chi connectivity index (χ4v) is 2.52. The molecule has 2 aromatic carbocycles. The minimum atomic E-state index is -0.477. The van der Waals surface area contributed by atoms with Crippen molar-refractivity contribution in [1.29, 1.82) is 0 Å². The zero-order valence-electron chi connectivity index (χ0n) is 14.1. The molecule has 0 spiro atoms. The number of anilines is 1. The maximum absolute atomic E-state index is 11.0. The summed E-state index contributed by atoms with van der Waals surface area (Å²) in [5, 5.41) is 22.2. The van der Waals surface area contributed by atoms with Gasteiger partial charge in [-0.1, -0.05) is 42.5 Å². The van der Waals surface area contributed by atoms with Crippen LogP contribution in [-0.2, 0) is 6.54 Å². The van der Waals surface area contributed by atoms with E-state index in [0.29, 0.717) is 12.2 Å². The molecule has 1 aromatic heterocycles. The summed E-state index contributed by atoms with van der Waals surface area (Å²) in [6.07, 6.45) is 5.12. The summed E-state index contributed by atoms with van der Waals surface area (Å²) in [4.78, 5) is 10.5. The topological polar surface area (TPSA) is 97.4 Å².